The number of amides is 2. The summed E-state index contributed by atoms with van der Waals surface area (Å²) in [5.41, 5.74) is 0.638. The first-order valence-electron chi connectivity index (χ1n) is 10.1. The molecule has 0 aliphatic carbocycles. The van der Waals surface area contributed by atoms with Gasteiger partial charge in [-0.15, -0.1) is 0 Å². The van der Waals surface area contributed by atoms with Gasteiger partial charge in [0.15, 0.2) is 11.6 Å². The predicted molar refractivity (Wildman–Crippen MR) is 109 cm³/mol. The molecule has 1 aromatic heterocycles. The lowest BCUT2D eigenvalue weighted by Crippen LogP contribution is -2.46. The van der Waals surface area contributed by atoms with Gasteiger partial charge in [0.25, 0.3) is 0 Å². The van der Waals surface area contributed by atoms with Gasteiger partial charge < -0.3 is 14.4 Å². The van der Waals surface area contributed by atoms with Crippen molar-refractivity contribution in [2.24, 2.45) is 15.8 Å². The van der Waals surface area contributed by atoms with E-state index in [1.165, 1.54) is 11.3 Å². The summed E-state index contributed by atoms with van der Waals surface area (Å²) in [4.78, 5) is 26.2. The van der Waals surface area contributed by atoms with Gasteiger partial charge >= 0.3 is 6.03 Å². The van der Waals surface area contributed by atoms with Crippen molar-refractivity contribution < 1.29 is 14.3 Å². The van der Waals surface area contributed by atoms with Gasteiger partial charge in [0, 0.05) is 33.2 Å². The first kappa shape index (κ1) is 19.1. The molecule has 1 atom stereocenters. The number of nitrogens with two attached hydrogens (primary N) is 1. The predicted octanol–water partition coefficient (Wildman–Crippen LogP) is 0.293. The highest BCUT2D eigenvalue weighted by molar-refractivity contribution is 6.12. The molecule has 160 valence electrons. The summed E-state index contributed by atoms with van der Waals surface area (Å²) in [7, 11) is 1.72. The van der Waals surface area contributed by atoms with E-state index in [9.17, 15) is 9.90 Å². The molecule has 4 aliphatic heterocycles. The highest BCUT2D eigenvalue weighted by Gasteiger charge is 2.51. The summed E-state index contributed by atoms with van der Waals surface area (Å²) >= 11 is 0. The maximum atomic E-state index is 13.0. The van der Waals surface area contributed by atoms with E-state index in [4.69, 9.17) is 15.3 Å². The molecule has 2 amide bonds. The van der Waals surface area contributed by atoms with Gasteiger partial charge in [-0.3, -0.25) is 4.90 Å². The van der Waals surface area contributed by atoms with Crippen LogP contribution in [0.25, 0.3) is 5.70 Å². The average Bonchev–Trinajstić information content (AvgIpc) is 3.42. The maximum absolute atomic E-state index is 13.0. The Kier molecular flexibility index (Phi) is 4.34. The summed E-state index contributed by atoms with van der Waals surface area (Å²) in [5, 5.41) is 14.9. The molecular weight excluding hydrogens is 388 g/mol. The zero-order chi connectivity index (χ0) is 21.0. The van der Waals surface area contributed by atoms with Crippen LogP contribution in [0.3, 0.4) is 0 Å². The molecule has 0 aromatic carbocycles. The summed E-state index contributed by atoms with van der Waals surface area (Å²) in [6.07, 6.45) is 4.03. The quantitative estimate of drug-likeness (QED) is 0.680. The van der Waals surface area contributed by atoms with Crippen LogP contribution in [0.15, 0.2) is 38.5 Å². The normalized spacial score (nSPS) is 25.9. The fourth-order valence-corrected chi connectivity index (χ4v) is 4.28. The molecule has 0 saturated carbocycles. The van der Waals surface area contributed by atoms with E-state index in [1.807, 2.05) is 18.0 Å². The van der Waals surface area contributed by atoms with Gasteiger partial charge in [-0.2, -0.15) is 0 Å². The van der Waals surface area contributed by atoms with E-state index in [-0.39, 0.29) is 6.03 Å². The van der Waals surface area contributed by atoms with Crippen molar-refractivity contribution in [2.45, 2.75) is 31.7 Å². The van der Waals surface area contributed by atoms with Crippen molar-refractivity contribution in [1.82, 2.24) is 24.8 Å². The number of aliphatic imine (C=N–C) groups is 2. The number of hydrazine groups is 2. The molecule has 0 bridgehead atoms. The third-order valence-electron chi connectivity index (χ3n) is 6.15. The lowest BCUT2D eigenvalue weighted by molar-refractivity contribution is -0.00729. The molecule has 0 radical (unpaired) electrons. The van der Waals surface area contributed by atoms with Crippen molar-refractivity contribution in [1.29, 1.82) is 0 Å². The molecule has 0 spiro atoms. The number of rotatable bonds is 4. The first-order chi connectivity index (χ1) is 14.4. The SMILES string of the molecule is CN1C(=O)N(CCN2CCC(C)(O)CC2)C2N=C3C(=C(c4ccco4)N=CN3N)N21. The minimum atomic E-state index is -0.594. The highest BCUT2D eigenvalue weighted by Crippen LogP contribution is 2.38. The Balaban J connectivity index is 1.39. The van der Waals surface area contributed by atoms with Gasteiger partial charge in [-0.1, -0.05) is 0 Å². The van der Waals surface area contributed by atoms with E-state index in [0.717, 1.165) is 32.5 Å². The van der Waals surface area contributed by atoms with Crippen LogP contribution in [-0.2, 0) is 0 Å². The van der Waals surface area contributed by atoms with Crippen LogP contribution < -0.4 is 5.84 Å². The summed E-state index contributed by atoms with van der Waals surface area (Å²) < 4.78 is 5.54. The third kappa shape index (κ3) is 2.97. The van der Waals surface area contributed by atoms with E-state index in [1.54, 1.807) is 29.3 Å². The number of hydrogen-bond donors (Lipinski definition) is 2. The van der Waals surface area contributed by atoms with Crippen molar-refractivity contribution in [2.75, 3.05) is 33.2 Å². The topological polar surface area (TPSA) is 117 Å². The maximum Gasteiger partial charge on any atom is 0.341 e. The van der Waals surface area contributed by atoms with Gasteiger partial charge in [-0.25, -0.2) is 35.6 Å². The second-order valence-corrected chi connectivity index (χ2v) is 8.31. The summed E-state index contributed by atoms with van der Waals surface area (Å²) in [6.45, 7) is 4.75. The van der Waals surface area contributed by atoms with Crippen LogP contribution in [0.2, 0.25) is 0 Å². The third-order valence-corrected chi connectivity index (χ3v) is 6.15. The van der Waals surface area contributed by atoms with Gasteiger partial charge in [0.1, 0.15) is 17.7 Å². The largest absolute Gasteiger partial charge is 0.463 e. The standard InChI is InChI=1S/C19H26N8O3/c1-19(29)5-7-24(8-6-19)9-10-25-17-22-16-15(27(17)23(2)18(25)28)14(21-12-26(16)20)13-4-3-11-30-13/h3-4,11-12,17,29H,5-10,20H2,1-2H3. The average molecular weight is 414 g/mol. The van der Waals surface area contributed by atoms with Crippen molar-refractivity contribution in [3.63, 3.8) is 0 Å². The zero-order valence-corrected chi connectivity index (χ0v) is 17.1. The fourth-order valence-electron chi connectivity index (χ4n) is 4.28. The number of carbonyl (C=O) groups excluding carboxylic acids is 1. The van der Waals surface area contributed by atoms with E-state index >= 15 is 0 Å². The number of urea groups is 1. The monoisotopic (exact) mass is 414 g/mol. The zero-order valence-electron chi connectivity index (χ0n) is 17.1. The molecular formula is C19H26N8O3. The molecule has 2 saturated heterocycles. The number of fused-ring (bicyclic) bond motifs is 3. The number of hydrogen-bond acceptors (Lipinski definition) is 9. The van der Waals surface area contributed by atoms with Crippen molar-refractivity contribution in [3.8, 4) is 0 Å². The smallest absolute Gasteiger partial charge is 0.341 e. The number of piperidine rings is 1. The number of likely N-dealkylation sites (tertiary alicyclic amines) is 1. The number of nitrogens with zero attached hydrogens (tertiary/aromatic N) is 7. The molecule has 4 aliphatic rings. The Labute approximate surface area is 174 Å². The second-order valence-electron chi connectivity index (χ2n) is 8.31. The van der Waals surface area contributed by atoms with Crippen molar-refractivity contribution in [3.05, 3.63) is 29.9 Å². The Bertz CT molecular complexity index is 928. The molecule has 11 nitrogen and oxygen atoms in total. The number of amidine groups is 1. The molecule has 1 unspecified atom stereocenters. The van der Waals surface area contributed by atoms with Gasteiger partial charge in [0.05, 0.1) is 11.9 Å². The van der Waals surface area contributed by atoms with Crippen LogP contribution >= 0.6 is 0 Å². The van der Waals surface area contributed by atoms with E-state index < -0.39 is 11.9 Å². The Morgan fingerprint density at radius 2 is 2.10 bits per heavy atom. The number of furan rings is 1. The van der Waals surface area contributed by atoms with Crippen molar-refractivity contribution >= 4 is 23.9 Å². The van der Waals surface area contributed by atoms with Gasteiger partial charge in [-0.05, 0) is 31.9 Å². The molecule has 5 rings (SSSR count). The second kappa shape index (κ2) is 6.83. The van der Waals surface area contributed by atoms with Crippen LogP contribution in [0.1, 0.15) is 25.5 Å². The minimum Gasteiger partial charge on any atom is -0.463 e. The van der Waals surface area contributed by atoms with Crippen LogP contribution in [-0.4, -0.2) is 93.3 Å². The molecule has 5 heterocycles. The Hall–Kier alpha value is -2.89. The molecule has 3 N–H and O–H groups in total. The highest BCUT2D eigenvalue weighted by atomic mass is 16.3. The van der Waals surface area contributed by atoms with Crippen LogP contribution in [0.5, 0.6) is 0 Å². The molecule has 2 fully saturated rings. The molecule has 30 heavy (non-hydrogen) atoms. The van der Waals surface area contributed by atoms with Gasteiger partial charge in [0.2, 0.25) is 6.29 Å². The fraction of sp³-hybridized carbons (Fsp3) is 0.526. The lowest BCUT2D eigenvalue weighted by Gasteiger charge is -2.36. The molecule has 11 heteroatoms. The summed E-state index contributed by atoms with van der Waals surface area (Å²) in [6, 6.07) is 3.48. The van der Waals surface area contributed by atoms with Crippen LogP contribution in [0, 0.1) is 0 Å². The Morgan fingerprint density at radius 3 is 2.80 bits per heavy atom. The lowest BCUT2D eigenvalue weighted by atomic mass is 9.94. The minimum absolute atomic E-state index is 0.128. The number of aliphatic hydroxyl groups is 1. The van der Waals surface area contributed by atoms with E-state index in [2.05, 4.69) is 9.89 Å². The number of carbonyl (C=O) groups is 1. The first-order valence-corrected chi connectivity index (χ1v) is 10.1. The molecule has 1 aromatic rings. The van der Waals surface area contributed by atoms with Crippen LogP contribution in [0.4, 0.5) is 4.79 Å². The summed E-state index contributed by atoms with van der Waals surface area (Å²) in [5.74, 6) is 7.22. The Morgan fingerprint density at radius 1 is 1.33 bits per heavy atom. The van der Waals surface area contributed by atoms with E-state index in [0.29, 0.717) is 29.5 Å².